The predicted octanol–water partition coefficient (Wildman–Crippen LogP) is 0.423. The lowest BCUT2D eigenvalue weighted by molar-refractivity contribution is -0.130. The SMILES string of the molecule is COC(C)C(=O)NC(C)Cn1ccnc1. The molecule has 0 radical (unpaired) electrons. The molecule has 0 saturated heterocycles. The maximum Gasteiger partial charge on any atom is 0.249 e. The molecule has 2 unspecified atom stereocenters. The Labute approximate surface area is 89.4 Å². The highest BCUT2D eigenvalue weighted by Gasteiger charge is 2.14. The van der Waals surface area contributed by atoms with Crippen molar-refractivity contribution in [3.8, 4) is 0 Å². The third kappa shape index (κ3) is 3.71. The lowest BCUT2D eigenvalue weighted by Crippen LogP contribution is -2.41. The van der Waals surface area contributed by atoms with E-state index in [1.807, 2.05) is 17.7 Å². The second kappa shape index (κ2) is 5.50. The van der Waals surface area contributed by atoms with Gasteiger partial charge in [-0.25, -0.2) is 4.98 Å². The zero-order valence-corrected chi connectivity index (χ0v) is 9.30. The van der Waals surface area contributed by atoms with Gasteiger partial charge in [-0.15, -0.1) is 0 Å². The molecule has 0 aliphatic carbocycles. The van der Waals surface area contributed by atoms with Gasteiger partial charge >= 0.3 is 0 Å². The fourth-order valence-electron chi connectivity index (χ4n) is 1.22. The smallest absolute Gasteiger partial charge is 0.249 e. The molecule has 0 aromatic carbocycles. The minimum absolute atomic E-state index is 0.0595. The van der Waals surface area contributed by atoms with Crippen LogP contribution in [-0.4, -0.2) is 34.7 Å². The molecule has 1 amide bonds. The van der Waals surface area contributed by atoms with E-state index >= 15 is 0 Å². The number of hydrogen-bond acceptors (Lipinski definition) is 3. The van der Waals surface area contributed by atoms with Gasteiger partial charge in [-0.1, -0.05) is 0 Å². The van der Waals surface area contributed by atoms with Gasteiger partial charge in [0.05, 0.1) is 6.33 Å². The first kappa shape index (κ1) is 11.7. The van der Waals surface area contributed by atoms with Crippen LogP contribution in [0, 0.1) is 0 Å². The first-order valence-corrected chi connectivity index (χ1v) is 4.92. The zero-order valence-electron chi connectivity index (χ0n) is 9.30. The normalized spacial score (nSPS) is 14.6. The molecule has 1 rings (SSSR count). The number of ether oxygens (including phenoxy) is 1. The first-order chi connectivity index (χ1) is 7.13. The van der Waals surface area contributed by atoms with Gasteiger partial charge in [-0.3, -0.25) is 4.79 Å². The third-order valence-corrected chi connectivity index (χ3v) is 2.16. The first-order valence-electron chi connectivity index (χ1n) is 4.92. The largest absolute Gasteiger partial charge is 0.372 e. The van der Waals surface area contributed by atoms with E-state index in [1.54, 1.807) is 19.4 Å². The lowest BCUT2D eigenvalue weighted by atomic mass is 10.3. The van der Waals surface area contributed by atoms with Crippen LogP contribution in [-0.2, 0) is 16.1 Å². The van der Waals surface area contributed by atoms with E-state index in [2.05, 4.69) is 10.3 Å². The van der Waals surface area contributed by atoms with E-state index in [-0.39, 0.29) is 11.9 Å². The summed E-state index contributed by atoms with van der Waals surface area (Å²) in [7, 11) is 1.52. The summed E-state index contributed by atoms with van der Waals surface area (Å²) in [6.07, 6.45) is 4.90. The van der Waals surface area contributed by atoms with Crippen molar-refractivity contribution in [2.75, 3.05) is 7.11 Å². The number of rotatable bonds is 5. The standard InChI is InChI=1S/C10H17N3O2/c1-8(6-13-5-4-11-7-13)12-10(14)9(2)15-3/h4-5,7-9H,6H2,1-3H3,(H,12,14). The number of nitrogens with one attached hydrogen (secondary N) is 1. The number of methoxy groups -OCH3 is 1. The number of carbonyl (C=O) groups is 1. The topological polar surface area (TPSA) is 56.1 Å². The van der Waals surface area contributed by atoms with Gasteiger partial charge in [0.25, 0.3) is 0 Å². The molecule has 0 spiro atoms. The molecule has 0 fully saturated rings. The van der Waals surface area contributed by atoms with Crippen LogP contribution in [0.3, 0.4) is 0 Å². The Bertz CT molecular complexity index is 298. The summed E-state index contributed by atoms with van der Waals surface area (Å²) in [5, 5.41) is 2.86. The van der Waals surface area contributed by atoms with Crippen LogP contribution in [0.1, 0.15) is 13.8 Å². The van der Waals surface area contributed by atoms with Crippen molar-refractivity contribution in [3.63, 3.8) is 0 Å². The monoisotopic (exact) mass is 211 g/mol. The molecule has 0 aliphatic heterocycles. The second-order valence-corrected chi connectivity index (χ2v) is 3.55. The number of nitrogens with zero attached hydrogens (tertiary/aromatic N) is 2. The molecule has 0 saturated carbocycles. The Morgan fingerprint density at radius 3 is 2.87 bits per heavy atom. The van der Waals surface area contributed by atoms with Crippen LogP contribution in [0.5, 0.6) is 0 Å². The molecule has 1 heterocycles. The average Bonchev–Trinajstić information content (AvgIpc) is 2.68. The van der Waals surface area contributed by atoms with Gasteiger partial charge in [-0.05, 0) is 13.8 Å². The fraction of sp³-hybridized carbons (Fsp3) is 0.600. The van der Waals surface area contributed by atoms with Crippen molar-refractivity contribution in [2.24, 2.45) is 0 Å². The zero-order chi connectivity index (χ0) is 11.3. The number of hydrogen-bond donors (Lipinski definition) is 1. The van der Waals surface area contributed by atoms with Gasteiger partial charge in [0.1, 0.15) is 6.10 Å². The molecule has 0 aliphatic rings. The maximum absolute atomic E-state index is 11.5. The van der Waals surface area contributed by atoms with E-state index in [9.17, 15) is 4.79 Å². The van der Waals surface area contributed by atoms with Gasteiger partial charge in [0.2, 0.25) is 5.91 Å². The molecule has 1 aromatic rings. The lowest BCUT2D eigenvalue weighted by Gasteiger charge is -2.16. The van der Waals surface area contributed by atoms with Crippen LogP contribution in [0.4, 0.5) is 0 Å². The molecule has 5 nitrogen and oxygen atoms in total. The van der Waals surface area contributed by atoms with Gasteiger partial charge in [0.15, 0.2) is 0 Å². The van der Waals surface area contributed by atoms with Gasteiger partial charge < -0.3 is 14.6 Å². The minimum atomic E-state index is -0.407. The Hall–Kier alpha value is -1.36. The Morgan fingerprint density at radius 1 is 1.60 bits per heavy atom. The summed E-state index contributed by atoms with van der Waals surface area (Å²) in [4.78, 5) is 15.4. The van der Waals surface area contributed by atoms with Crippen molar-refractivity contribution in [1.29, 1.82) is 0 Å². The fourth-order valence-corrected chi connectivity index (χ4v) is 1.22. The van der Waals surface area contributed by atoms with E-state index in [1.165, 1.54) is 7.11 Å². The molecule has 5 heteroatoms. The predicted molar refractivity (Wildman–Crippen MR) is 56.3 cm³/mol. The van der Waals surface area contributed by atoms with Crippen molar-refractivity contribution in [2.45, 2.75) is 32.5 Å². The molecule has 84 valence electrons. The summed E-state index contributed by atoms with van der Waals surface area (Å²) >= 11 is 0. The molecular formula is C10H17N3O2. The van der Waals surface area contributed by atoms with E-state index in [0.29, 0.717) is 6.54 Å². The van der Waals surface area contributed by atoms with Crippen molar-refractivity contribution >= 4 is 5.91 Å². The van der Waals surface area contributed by atoms with Crippen LogP contribution in [0.25, 0.3) is 0 Å². The van der Waals surface area contributed by atoms with Crippen LogP contribution < -0.4 is 5.32 Å². The molecule has 0 bridgehead atoms. The average molecular weight is 211 g/mol. The minimum Gasteiger partial charge on any atom is -0.372 e. The molecule has 2 atom stereocenters. The van der Waals surface area contributed by atoms with Crippen LogP contribution in [0.2, 0.25) is 0 Å². The van der Waals surface area contributed by atoms with E-state index in [0.717, 1.165) is 0 Å². The molecule has 1 aromatic heterocycles. The summed E-state index contributed by atoms with van der Waals surface area (Å²) in [5.74, 6) is -0.0925. The highest BCUT2D eigenvalue weighted by atomic mass is 16.5. The molecule has 15 heavy (non-hydrogen) atoms. The summed E-state index contributed by atoms with van der Waals surface area (Å²) in [6.45, 7) is 4.38. The number of carbonyl (C=O) groups excluding carboxylic acids is 1. The summed E-state index contributed by atoms with van der Waals surface area (Å²) in [6, 6.07) is 0.0595. The quantitative estimate of drug-likeness (QED) is 0.768. The highest BCUT2D eigenvalue weighted by molar-refractivity contribution is 5.80. The second-order valence-electron chi connectivity index (χ2n) is 3.55. The Kier molecular flexibility index (Phi) is 4.30. The maximum atomic E-state index is 11.5. The van der Waals surface area contributed by atoms with Gasteiger partial charge in [0, 0.05) is 32.1 Å². The Balaban J connectivity index is 2.36. The van der Waals surface area contributed by atoms with Crippen molar-refractivity contribution < 1.29 is 9.53 Å². The number of amides is 1. The third-order valence-electron chi connectivity index (χ3n) is 2.16. The van der Waals surface area contributed by atoms with E-state index < -0.39 is 6.10 Å². The van der Waals surface area contributed by atoms with Crippen molar-refractivity contribution in [3.05, 3.63) is 18.7 Å². The van der Waals surface area contributed by atoms with Gasteiger partial charge in [-0.2, -0.15) is 0 Å². The van der Waals surface area contributed by atoms with Crippen LogP contribution >= 0.6 is 0 Å². The van der Waals surface area contributed by atoms with E-state index in [4.69, 9.17) is 4.74 Å². The summed E-state index contributed by atoms with van der Waals surface area (Å²) in [5.41, 5.74) is 0. The number of imidazole rings is 1. The van der Waals surface area contributed by atoms with Crippen LogP contribution in [0.15, 0.2) is 18.7 Å². The van der Waals surface area contributed by atoms with Crippen molar-refractivity contribution in [1.82, 2.24) is 14.9 Å². The highest BCUT2D eigenvalue weighted by Crippen LogP contribution is 1.94. The molecule has 1 N–H and O–H groups in total. The number of aromatic nitrogens is 2. The molecular weight excluding hydrogens is 194 g/mol. The Morgan fingerprint density at radius 2 is 2.33 bits per heavy atom. The summed E-state index contributed by atoms with van der Waals surface area (Å²) < 4.78 is 6.84.